The number of rotatable bonds is 5. The van der Waals surface area contributed by atoms with Crippen molar-refractivity contribution in [1.82, 2.24) is 15.1 Å². The van der Waals surface area contributed by atoms with Gasteiger partial charge in [0.15, 0.2) is 11.6 Å². The van der Waals surface area contributed by atoms with Crippen LogP contribution in [0.15, 0.2) is 46.9 Å². The topological polar surface area (TPSA) is 51.4 Å². The fourth-order valence-corrected chi connectivity index (χ4v) is 3.32. The molecule has 7 heteroatoms. The molecule has 0 saturated carbocycles. The number of methoxy groups -OCH3 is 1. The van der Waals surface area contributed by atoms with Crippen LogP contribution in [0.5, 0.6) is 5.75 Å². The van der Waals surface area contributed by atoms with Gasteiger partial charge in [0, 0.05) is 18.7 Å². The molecule has 1 unspecified atom stereocenters. The molecule has 0 bridgehead atoms. The van der Waals surface area contributed by atoms with Gasteiger partial charge in [-0.2, -0.15) is 0 Å². The van der Waals surface area contributed by atoms with Crippen molar-refractivity contribution in [2.45, 2.75) is 18.9 Å². The van der Waals surface area contributed by atoms with Crippen molar-refractivity contribution >= 4 is 0 Å². The van der Waals surface area contributed by atoms with Gasteiger partial charge < -0.3 is 9.15 Å². The van der Waals surface area contributed by atoms with Crippen LogP contribution in [0.25, 0.3) is 11.5 Å². The molecule has 2 heterocycles. The summed E-state index contributed by atoms with van der Waals surface area (Å²) in [7, 11) is 1.62. The predicted molar refractivity (Wildman–Crippen MR) is 95.3 cm³/mol. The Labute approximate surface area is 155 Å². The Morgan fingerprint density at radius 3 is 2.67 bits per heavy atom. The molecule has 140 valence electrons. The standard InChI is InChI=1S/C20H19F2N3O2/c1-26-16-5-3-14(4-6-16)19-23-24-20(27-19)15-8-9-25(12-15)11-13-2-7-17(21)18(22)10-13/h2-7,10,15H,8-9,11-12H2,1H3. The molecule has 0 amide bonds. The summed E-state index contributed by atoms with van der Waals surface area (Å²) in [4.78, 5) is 2.18. The van der Waals surface area contributed by atoms with E-state index >= 15 is 0 Å². The van der Waals surface area contributed by atoms with Gasteiger partial charge in [-0.05, 0) is 54.9 Å². The van der Waals surface area contributed by atoms with Gasteiger partial charge in [0.2, 0.25) is 11.8 Å². The van der Waals surface area contributed by atoms with E-state index in [0.717, 1.165) is 42.5 Å². The first-order valence-electron chi connectivity index (χ1n) is 8.76. The first-order chi connectivity index (χ1) is 13.1. The van der Waals surface area contributed by atoms with Crippen molar-refractivity contribution in [3.8, 4) is 17.2 Å². The minimum absolute atomic E-state index is 0.134. The minimum atomic E-state index is -0.824. The van der Waals surface area contributed by atoms with Gasteiger partial charge in [0.05, 0.1) is 13.0 Å². The predicted octanol–water partition coefficient (Wildman–Crippen LogP) is 4.01. The fourth-order valence-electron chi connectivity index (χ4n) is 3.32. The van der Waals surface area contributed by atoms with Crippen LogP contribution in [0.4, 0.5) is 8.78 Å². The second-order valence-electron chi connectivity index (χ2n) is 6.64. The maximum atomic E-state index is 13.4. The third-order valence-corrected chi connectivity index (χ3v) is 4.79. The second kappa shape index (κ2) is 7.44. The number of likely N-dealkylation sites (tertiary alicyclic amines) is 1. The second-order valence-corrected chi connectivity index (χ2v) is 6.64. The summed E-state index contributed by atoms with van der Waals surface area (Å²) in [6, 6.07) is 11.5. The zero-order chi connectivity index (χ0) is 18.8. The minimum Gasteiger partial charge on any atom is -0.497 e. The van der Waals surface area contributed by atoms with Gasteiger partial charge in [-0.1, -0.05) is 6.07 Å². The highest BCUT2D eigenvalue weighted by Crippen LogP contribution is 2.30. The molecule has 27 heavy (non-hydrogen) atoms. The van der Waals surface area contributed by atoms with Crippen LogP contribution in [-0.2, 0) is 6.54 Å². The van der Waals surface area contributed by atoms with Gasteiger partial charge in [0.25, 0.3) is 0 Å². The van der Waals surface area contributed by atoms with Crippen molar-refractivity contribution in [2.24, 2.45) is 0 Å². The SMILES string of the molecule is COc1ccc(-c2nnc(C3CCN(Cc4ccc(F)c(F)c4)C3)o2)cc1. The van der Waals surface area contributed by atoms with Gasteiger partial charge in [-0.25, -0.2) is 8.78 Å². The lowest BCUT2D eigenvalue weighted by Crippen LogP contribution is -2.20. The highest BCUT2D eigenvalue weighted by Gasteiger charge is 2.28. The summed E-state index contributed by atoms with van der Waals surface area (Å²) < 4.78 is 37.4. The molecule has 1 fully saturated rings. The molecule has 0 N–H and O–H groups in total. The highest BCUT2D eigenvalue weighted by molar-refractivity contribution is 5.54. The van der Waals surface area contributed by atoms with Crippen molar-refractivity contribution in [2.75, 3.05) is 20.2 Å². The Kier molecular flexibility index (Phi) is 4.85. The summed E-state index contributed by atoms with van der Waals surface area (Å²) in [5, 5.41) is 8.35. The number of ether oxygens (including phenoxy) is 1. The number of benzene rings is 2. The molecule has 1 aromatic heterocycles. The summed E-state index contributed by atoms with van der Waals surface area (Å²) in [5.41, 5.74) is 1.59. The molecule has 0 radical (unpaired) electrons. The van der Waals surface area contributed by atoms with E-state index in [1.807, 2.05) is 24.3 Å². The van der Waals surface area contributed by atoms with E-state index in [0.29, 0.717) is 18.3 Å². The quantitative estimate of drug-likeness (QED) is 0.678. The van der Waals surface area contributed by atoms with Gasteiger partial charge in [-0.3, -0.25) is 4.90 Å². The lowest BCUT2D eigenvalue weighted by atomic mass is 10.1. The van der Waals surface area contributed by atoms with Crippen molar-refractivity contribution < 1.29 is 17.9 Å². The molecular weight excluding hydrogens is 352 g/mol. The maximum absolute atomic E-state index is 13.4. The van der Waals surface area contributed by atoms with Crippen LogP contribution < -0.4 is 4.74 Å². The zero-order valence-corrected chi connectivity index (χ0v) is 14.9. The Balaban J connectivity index is 1.41. The maximum Gasteiger partial charge on any atom is 0.247 e. The van der Waals surface area contributed by atoms with Crippen LogP contribution in [0, 0.1) is 11.6 Å². The van der Waals surface area contributed by atoms with Crippen molar-refractivity contribution in [3.63, 3.8) is 0 Å². The van der Waals surface area contributed by atoms with E-state index in [9.17, 15) is 8.78 Å². The largest absolute Gasteiger partial charge is 0.497 e. The molecule has 3 aromatic rings. The number of hydrogen-bond donors (Lipinski definition) is 0. The Hall–Kier alpha value is -2.80. The Bertz CT molecular complexity index is 927. The van der Waals surface area contributed by atoms with E-state index < -0.39 is 11.6 Å². The lowest BCUT2D eigenvalue weighted by Gasteiger charge is -2.15. The molecule has 1 atom stereocenters. The van der Waals surface area contributed by atoms with Crippen LogP contribution in [0.1, 0.15) is 23.8 Å². The van der Waals surface area contributed by atoms with Gasteiger partial charge in [0.1, 0.15) is 5.75 Å². The summed E-state index contributed by atoms with van der Waals surface area (Å²) in [5.74, 6) is 0.344. The molecule has 4 rings (SSSR count). The summed E-state index contributed by atoms with van der Waals surface area (Å²) >= 11 is 0. The number of halogens is 2. The molecule has 1 saturated heterocycles. The Morgan fingerprint density at radius 1 is 1.11 bits per heavy atom. The third kappa shape index (κ3) is 3.83. The van der Waals surface area contributed by atoms with Crippen LogP contribution >= 0.6 is 0 Å². The molecule has 2 aromatic carbocycles. The zero-order valence-electron chi connectivity index (χ0n) is 14.9. The number of aromatic nitrogens is 2. The molecule has 1 aliphatic rings. The van der Waals surface area contributed by atoms with Gasteiger partial charge in [-0.15, -0.1) is 10.2 Å². The average molecular weight is 371 g/mol. The van der Waals surface area contributed by atoms with E-state index in [1.165, 1.54) is 6.07 Å². The monoisotopic (exact) mass is 371 g/mol. The Morgan fingerprint density at radius 2 is 1.93 bits per heavy atom. The highest BCUT2D eigenvalue weighted by atomic mass is 19.2. The van der Waals surface area contributed by atoms with E-state index in [4.69, 9.17) is 9.15 Å². The van der Waals surface area contributed by atoms with Crippen molar-refractivity contribution in [1.29, 1.82) is 0 Å². The first kappa shape index (κ1) is 17.6. The van der Waals surface area contributed by atoms with Gasteiger partial charge >= 0.3 is 0 Å². The fraction of sp³-hybridized carbons (Fsp3) is 0.300. The number of nitrogens with zero attached hydrogens (tertiary/aromatic N) is 3. The molecule has 5 nitrogen and oxygen atoms in total. The molecule has 0 spiro atoms. The summed E-state index contributed by atoms with van der Waals surface area (Å²) in [6.45, 7) is 2.14. The average Bonchev–Trinajstić information content (AvgIpc) is 3.34. The van der Waals surface area contributed by atoms with E-state index in [-0.39, 0.29) is 5.92 Å². The molecule has 0 aliphatic carbocycles. The van der Waals surface area contributed by atoms with Crippen molar-refractivity contribution in [3.05, 3.63) is 65.6 Å². The normalized spacial score (nSPS) is 17.4. The third-order valence-electron chi connectivity index (χ3n) is 4.79. The molecule has 1 aliphatic heterocycles. The lowest BCUT2D eigenvalue weighted by molar-refractivity contribution is 0.319. The van der Waals surface area contributed by atoms with Crippen LogP contribution in [-0.4, -0.2) is 35.3 Å². The van der Waals surface area contributed by atoms with E-state index in [1.54, 1.807) is 13.2 Å². The summed E-state index contributed by atoms with van der Waals surface area (Å²) in [6.07, 6.45) is 0.883. The first-order valence-corrected chi connectivity index (χ1v) is 8.76. The van der Waals surface area contributed by atoms with E-state index in [2.05, 4.69) is 15.1 Å². The molecular formula is C20H19F2N3O2. The van der Waals surface area contributed by atoms with Crippen LogP contribution in [0.3, 0.4) is 0 Å². The van der Waals surface area contributed by atoms with Crippen LogP contribution in [0.2, 0.25) is 0 Å². The smallest absolute Gasteiger partial charge is 0.247 e. The number of hydrogen-bond acceptors (Lipinski definition) is 5.